The highest BCUT2D eigenvalue weighted by molar-refractivity contribution is 6.88. The third-order valence-electron chi connectivity index (χ3n) is 4.72. The van der Waals surface area contributed by atoms with Gasteiger partial charge < -0.3 is 9.84 Å². The Morgan fingerprint density at radius 1 is 1.28 bits per heavy atom. The van der Waals surface area contributed by atoms with Crippen molar-refractivity contribution in [1.29, 1.82) is 5.26 Å². The molecule has 0 bridgehead atoms. The zero-order valence-corrected chi connectivity index (χ0v) is 19.0. The van der Waals surface area contributed by atoms with Crippen LogP contribution in [-0.4, -0.2) is 35.0 Å². The molecule has 0 spiro atoms. The van der Waals surface area contributed by atoms with Gasteiger partial charge in [-0.2, -0.15) is 10.4 Å². The van der Waals surface area contributed by atoms with Crippen molar-refractivity contribution >= 4 is 30.6 Å². The minimum atomic E-state index is -1.47. The van der Waals surface area contributed by atoms with Gasteiger partial charge in [-0.05, 0) is 31.9 Å². The van der Waals surface area contributed by atoms with E-state index in [1.807, 2.05) is 44.2 Å². The molecule has 1 atom stereocenters. The summed E-state index contributed by atoms with van der Waals surface area (Å²) in [5, 5.41) is 25.2. The lowest BCUT2D eigenvalue weighted by molar-refractivity contribution is -0.146. The van der Waals surface area contributed by atoms with Crippen molar-refractivity contribution in [3.05, 3.63) is 47.3 Å². The van der Waals surface area contributed by atoms with E-state index < -0.39 is 20.1 Å². The van der Waals surface area contributed by atoms with Gasteiger partial charge in [0.05, 0.1) is 13.8 Å². The van der Waals surface area contributed by atoms with Gasteiger partial charge in [0.1, 0.15) is 17.3 Å². The quantitative estimate of drug-likeness (QED) is 0.402. The van der Waals surface area contributed by atoms with E-state index in [4.69, 9.17) is 4.74 Å². The number of carboxylic acid groups (broad SMARTS) is 1. The van der Waals surface area contributed by atoms with Crippen LogP contribution in [0.25, 0.3) is 11.3 Å². The van der Waals surface area contributed by atoms with Gasteiger partial charge in [0.15, 0.2) is 11.9 Å². The molecule has 0 aliphatic rings. The standard InChI is InChI=1S/C22H29N3O3Si/c1-7-20(22(26)27)28-21(19-13-15(3)24-25(19)8-2)18(14-23)16-9-11-17(12-10-16)29(4,5)6/h9-13,20H,7-8H2,1-6H3,(H,26,27). The Morgan fingerprint density at radius 3 is 2.34 bits per heavy atom. The molecule has 0 radical (unpaired) electrons. The van der Waals surface area contributed by atoms with Crippen molar-refractivity contribution in [1.82, 2.24) is 9.78 Å². The van der Waals surface area contributed by atoms with Crippen LogP contribution in [0.4, 0.5) is 0 Å². The van der Waals surface area contributed by atoms with E-state index in [1.54, 1.807) is 11.6 Å². The van der Waals surface area contributed by atoms with Gasteiger partial charge in [0.25, 0.3) is 0 Å². The van der Waals surface area contributed by atoms with Gasteiger partial charge in [0.2, 0.25) is 0 Å². The van der Waals surface area contributed by atoms with Crippen molar-refractivity contribution in [2.45, 2.75) is 59.5 Å². The highest BCUT2D eigenvalue weighted by atomic mass is 28.3. The molecule has 0 saturated heterocycles. The first-order valence-electron chi connectivity index (χ1n) is 9.81. The average molecular weight is 412 g/mol. The van der Waals surface area contributed by atoms with Crippen molar-refractivity contribution < 1.29 is 14.6 Å². The van der Waals surface area contributed by atoms with Gasteiger partial charge in [-0.25, -0.2) is 4.79 Å². The van der Waals surface area contributed by atoms with E-state index in [-0.39, 0.29) is 12.2 Å². The molecular formula is C22H29N3O3Si. The number of rotatable bonds is 8. The maximum atomic E-state index is 11.6. The Bertz CT molecular complexity index is 947. The van der Waals surface area contributed by atoms with Crippen molar-refractivity contribution in [3.63, 3.8) is 0 Å². The molecule has 154 valence electrons. The summed E-state index contributed by atoms with van der Waals surface area (Å²) in [6.07, 6.45) is -0.763. The van der Waals surface area contributed by atoms with Crippen molar-refractivity contribution in [3.8, 4) is 6.07 Å². The Morgan fingerprint density at radius 2 is 1.90 bits per heavy atom. The molecule has 0 fully saturated rings. The van der Waals surface area contributed by atoms with E-state index >= 15 is 0 Å². The fourth-order valence-corrected chi connectivity index (χ4v) is 4.22. The number of benzene rings is 1. The van der Waals surface area contributed by atoms with Crippen LogP contribution in [0.3, 0.4) is 0 Å². The molecule has 2 rings (SSSR count). The molecule has 0 amide bonds. The zero-order chi connectivity index (χ0) is 21.8. The zero-order valence-electron chi connectivity index (χ0n) is 18.0. The van der Waals surface area contributed by atoms with Gasteiger partial charge in [-0.3, -0.25) is 4.68 Å². The summed E-state index contributed by atoms with van der Waals surface area (Å²) in [5.41, 5.74) is 2.39. The first kappa shape index (κ1) is 22.4. The summed E-state index contributed by atoms with van der Waals surface area (Å²) < 4.78 is 7.64. The summed E-state index contributed by atoms with van der Waals surface area (Å²) >= 11 is 0. The first-order chi connectivity index (χ1) is 13.6. The second-order valence-corrected chi connectivity index (χ2v) is 13.1. The maximum Gasteiger partial charge on any atom is 0.344 e. The van der Waals surface area contributed by atoms with Crippen molar-refractivity contribution in [2.75, 3.05) is 0 Å². The summed E-state index contributed by atoms with van der Waals surface area (Å²) in [6.45, 7) is 12.9. The van der Waals surface area contributed by atoms with Crippen LogP contribution in [0.2, 0.25) is 19.6 Å². The molecule has 0 aliphatic carbocycles. The molecular weight excluding hydrogens is 382 g/mol. The summed E-state index contributed by atoms with van der Waals surface area (Å²) in [7, 11) is -1.47. The van der Waals surface area contributed by atoms with E-state index in [0.717, 1.165) is 5.69 Å². The summed E-state index contributed by atoms with van der Waals surface area (Å²) in [6, 6.07) is 12.0. The number of ether oxygens (including phenoxy) is 1. The van der Waals surface area contributed by atoms with Gasteiger partial charge >= 0.3 is 5.97 Å². The number of hydrogen-bond acceptors (Lipinski definition) is 4. The first-order valence-corrected chi connectivity index (χ1v) is 13.3. The molecule has 1 unspecified atom stereocenters. The van der Waals surface area contributed by atoms with Crippen LogP contribution >= 0.6 is 0 Å². The molecule has 7 heteroatoms. The molecule has 29 heavy (non-hydrogen) atoms. The Hall–Kier alpha value is -2.85. The van der Waals surface area contributed by atoms with Gasteiger partial charge in [-0.1, -0.05) is 56.0 Å². The SMILES string of the molecule is CCC(OC(=C(C#N)c1ccc([Si](C)(C)C)cc1)c1cc(C)nn1CC)C(=O)O. The number of aryl methyl sites for hydroxylation is 2. The van der Waals surface area contributed by atoms with E-state index in [1.165, 1.54) is 5.19 Å². The van der Waals surface area contributed by atoms with E-state index in [2.05, 4.69) is 30.8 Å². The molecule has 1 N–H and O–H groups in total. The lowest BCUT2D eigenvalue weighted by atomic mass is 10.0. The highest BCUT2D eigenvalue weighted by Gasteiger charge is 2.25. The number of nitrogens with zero attached hydrogens (tertiary/aromatic N) is 3. The minimum absolute atomic E-state index is 0.255. The van der Waals surface area contributed by atoms with Crippen LogP contribution in [-0.2, 0) is 16.1 Å². The topological polar surface area (TPSA) is 88.1 Å². The molecule has 0 saturated carbocycles. The van der Waals surface area contributed by atoms with Gasteiger partial charge in [-0.15, -0.1) is 0 Å². The van der Waals surface area contributed by atoms with Crippen LogP contribution in [0, 0.1) is 18.3 Å². The maximum absolute atomic E-state index is 11.6. The number of carbonyl (C=O) groups is 1. The number of aliphatic carboxylic acids is 1. The fourth-order valence-electron chi connectivity index (χ4n) is 3.05. The van der Waals surface area contributed by atoms with Gasteiger partial charge in [0, 0.05) is 6.54 Å². The Balaban J connectivity index is 2.69. The lowest BCUT2D eigenvalue weighted by Crippen LogP contribution is -2.37. The van der Waals surface area contributed by atoms with Crippen LogP contribution in [0.15, 0.2) is 30.3 Å². The predicted molar refractivity (Wildman–Crippen MR) is 117 cm³/mol. The fraction of sp³-hybridized carbons (Fsp3) is 0.409. The van der Waals surface area contributed by atoms with E-state index in [0.29, 0.717) is 23.4 Å². The molecule has 1 heterocycles. The second-order valence-electron chi connectivity index (χ2n) is 7.98. The number of aromatic nitrogens is 2. The molecule has 0 aliphatic heterocycles. The molecule has 1 aromatic heterocycles. The smallest absolute Gasteiger partial charge is 0.344 e. The number of nitriles is 1. The van der Waals surface area contributed by atoms with Crippen molar-refractivity contribution in [2.24, 2.45) is 0 Å². The molecule has 1 aromatic carbocycles. The second kappa shape index (κ2) is 9.10. The third kappa shape index (κ3) is 5.15. The Labute approximate surface area is 173 Å². The minimum Gasteiger partial charge on any atom is -0.479 e. The monoisotopic (exact) mass is 411 g/mol. The number of hydrogen-bond donors (Lipinski definition) is 1. The molecule has 6 nitrogen and oxygen atoms in total. The largest absolute Gasteiger partial charge is 0.479 e. The Kier molecular flexibility index (Phi) is 7.04. The van der Waals surface area contributed by atoms with Crippen LogP contribution in [0.5, 0.6) is 0 Å². The van der Waals surface area contributed by atoms with E-state index in [9.17, 15) is 15.2 Å². The summed E-state index contributed by atoms with van der Waals surface area (Å²) in [5.74, 6) is -0.805. The number of carboxylic acids is 1. The van der Waals surface area contributed by atoms with Crippen LogP contribution in [0.1, 0.15) is 37.2 Å². The normalized spacial score (nSPS) is 13.4. The molecule has 2 aromatic rings. The number of allylic oxidation sites excluding steroid dienone is 1. The average Bonchev–Trinajstić information content (AvgIpc) is 3.05. The third-order valence-corrected chi connectivity index (χ3v) is 6.78. The highest BCUT2D eigenvalue weighted by Crippen LogP contribution is 2.29. The van der Waals surface area contributed by atoms with Crippen LogP contribution < -0.4 is 5.19 Å². The summed E-state index contributed by atoms with van der Waals surface area (Å²) in [4.78, 5) is 11.6. The lowest BCUT2D eigenvalue weighted by Gasteiger charge is -2.20. The predicted octanol–water partition coefficient (Wildman–Crippen LogP) is 4.03.